The van der Waals surface area contributed by atoms with E-state index in [0.29, 0.717) is 18.3 Å². The maximum atomic E-state index is 5.82. The molecular weight excluding hydrogens is 278 g/mol. The maximum absolute atomic E-state index is 5.82. The Morgan fingerprint density at radius 1 is 1.14 bits per heavy atom. The Balaban J connectivity index is 1.62. The zero-order valence-corrected chi connectivity index (χ0v) is 12.9. The summed E-state index contributed by atoms with van der Waals surface area (Å²) in [5, 5.41) is 0. The Kier molecular flexibility index (Phi) is 4.98. The molecule has 1 fully saturated rings. The van der Waals surface area contributed by atoms with Gasteiger partial charge in [-0.25, -0.2) is 4.98 Å². The van der Waals surface area contributed by atoms with Crippen LogP contribution in [0.3, 0.4) is 0 Å². The van der Waals surface area contributed by atoms with Crippen molar-refractivity contribution in [1.29, 1.82) is 0 Å². The van der Waals surface area contributed by atoms with Crippen LogP contribution in [-0.4, -0.2) is 54.3 Å². The summed E-state index contributed by atoms with van der Waals surface area (Å²) >= 11 is 0. The van der Waals surface area contributed by atoms with Crippen LogP contribution in [0, 0.1) is 6.92 Å². The van der Waals surface area contributed by atoms with E-state index in [1.54, 1.807) is 0 Å². The van der Waals surface area contributed by atoms with Crippen LogP contribution in [0.1, 0.15) is 5.69 Å². The van der Waals surface area contributed by atoms with Crippen molar-refractivity contribution in [3.63, 3.8) is 0 Å². The van der Waals surface area contributed by atoms with Gasteiger partial charge in [0.2, 0.25) is 5.88 Å². The summed E-state index contributed by atoms with van der Waals surface area (Å²) < 4.78 is 11.2. The number of aromatic nitrogens is 2. The quantitative estimate of drug-likeness (QED) is 0.847. The summed E-state index contributed by atoms with van der Waals surface area (Å²) in [5.41, 5.74) is 1.92. The normalized spacial score (nSPS) is 15.7. The van der Waals surface area contributed by atoms with E-state index in [1.165, 1.54) is 0 Å². The third kappa shape index (κ3) is 4.02. The molecule has 116 valence electrons. The average Bonchev–Trinajstić information content (AvgIpc) is 2.56. The molecule has 0 saturated carbocycles. The molecule has 1 aliphatic rings. The number of rotatable bonds is 5. The fourth-order valence-electron chi connectivity index (χ4n) is 2.43. The largest absolute Gasteiger partial charge is 0.476 e. The van der Waals surface area contributed by atoms with Crippen LogP contribution >= 0.6 is 0 Å². The molecule has 1 aromatic carbocycles. The fraction of sp³-hybridized carbons (Fsp3) is 0.412. The molecule has 0 amide bonds. The molecular formula is C17H21N3O2. The summed E-state index contributed by atoms with van der Waals surface area (Å²) in [7, 11) is 0. The number of hydrogen-bond donors (Lipinski definition) is 0. The van der Waals surface area contributed by atoms with Crippen molar-refractivity contribution >= 4 is 0 Å². The topological polar surface area (TPSA) is 47.5 Å². The first-order chi connectivity index (χ1) is 10.8. The highest BCUT2D eigenvalue weighted by atomic mass is 16.5. The highest BCUT2D eigenvalue weighted by Gasteiger charge is 2.10. The van der Waals surface area contributed by atoms with Crippen LogP contribution in [-0.2, 0) is 4.74 Å². The molecule has 2 aromatic rings. The van der Waals surface area contributed by atoms with Gasteiger partial charge in [-0.3, -0.25) is 4.90 Å². The first kappa shape index (κ1) is 14.9. The van der Waals surface area contributed by atoms with E-state index in [1.807, 2.05) is 43.3 Å². The predicted molar refractivity (Wildman–Crippen MR) is 85.0 cm³/mol. The maximum Gasteiger partial charge on any atom is 0.217 e. The molecule has 1 aromatic heterocycles. The van der Waals surface area contributed by atoms with Crippen molar-refractivity contribution in [1.82, 2.24) is 14.9 Å². The summed E-state index contributed by atoms with van der Waals surface area (Å²) in [4.78, 5) is 11.3. The summed E-state index contributed by atoms with van der Waals surface area (Å²) in [5.74, 6) is 1.35. The number of nitrogens with zero attached hydrogens (tertiary/aromatic N) is 3. The number of aryl methyl sites for hydroxylation is 1. The Hall–Kier alpha value is -1.98. The SMILES string of the molecule is Cc1cc(OCCN2CCOCC2)nc(-c2ccccc2)n1. The molecule has 5 heteroatoms. The van der Waals surface area contributed by atoms with Crippen molar-refractivity contribution in [3.05, 3.63) is 42.1 Å². The Labute approximate surface area is 130 Å². The van der Waals surface area contributed by atoms with E-state index in [4.69, 9.17) is 9.47 Å². The van der Waals surface area contributed by atoms with Gasteiger partial charge in [0.15, 0.2) is 5.82 Å². The molecule has 0 unspecified atom stereocenters. The minimum Gasteiger partial charge on any atom is -0.476 e. The summed E-state index contributed by atoms with van der Waals surface area (Å²) in [6, 6.07) is 11.9. The zero-order valence-electron chi connectivity index (χ0n) is 12.9. The standard InChI is InChI=1S/C17H21N3O2/c1-14-13-16(22-12-9-20-7-10-21-11-8-20)19-17(18-14)15-5-3-2-4-6-15/h2-6,13H,7-12H2,1H3. The summed E-state index contributed by atoms with van der Waals surface area (Å²) in [6.45, 7) is 7.05. The van der Waals surface area contributed by atoms with Crippen LogP contribution in [0.2, 0.25) is 0 Å². The lowest BCUT2D eigenvalue weighted by Gasteiger charge is -2.26. The smallest absolute Gasteiger partial charge is 0.217 e. The third-order valence-corrected chi connectivity index (χ3v) is 3.62. The first-order valence-corrected chi connectivity index (χ1v) is 7.65. The molecule has 2 heterocycles. The lowest BCUT2D eigenvalue weighted by Crippen LogP contribution is -2.38. The molecule has 1 aliphatic heterocycles. The third-order valence-electron chi connectivity index (χ3n) is 3.62. The summed E-state index contributed by atoms with van der Waals surface area (Å²) in [6.07, 6.45) is 0. The van der Waals surface area contributed by atoms with Gasteiger partial charge in [-0.2, -0.15) is 4.98 Å². The first-order valence-electron chi connectivity index (χ1n) is 7.65. The molecule has 0 aliphatic carbocycles. The molecule has 0 bridgehead atoms. The fourth-order valence-corrected chi connectivity index (χ4v) is 2.43. The minimum atomic E-state index is 0.630. The molecule has 22 heavy (non-hydrogen) atoms. The van der Waals surface area contributed by atoms with Crippen molar-refractivity contribution in [2.24, 2.45) is 0 Å². The molecule has 0 radical (unpaired) electrons. The molecule has 0 N–H and O–H groups in total. The second-order valence-corrected chi connectivity index (χ2v) is 5.34. The number of morpholine rings is 1. The lowest BCUT2D eigenvalue weighted by atomic mass is 10.2. The predicted octanol–water partition coefficient (Wildman–Crippen LogP) is 2.16. The Morgan fingerprint density at radius 2 is 1.91 bits per heavy atom. The van der Waals surface area contributed by atoms with Gasteiger partial charge in [-0.15, -0.1) is 0 Å². The minimum absolute atomic E-state index is 0.630. The average molecular weight is 299 g/mol. The van der Waals surface area contributed by atoms with Gasteiger partial charge in [0.1, 0.15) is 6.61 Å². The van der Waals surface area contributed by atoms with Crippen molar-refractivity contribution in [2.45, 2.75) is 6.92 Å². The van der Waals surface area contributed by atoms with Gasteiger partial charge >= 0.3 is 0 Å². The van der Waals surface area contributed by atoms with Gasteiger partial charge in [0, 0.05) is 37.0 Å². The Morgan fingerprint density at radius 3 is 2.68 bits per heavy atom. The molecule has 0 atom stereocenters. The van der Waals surface area contributed by atoms with Crippen LogP contribution in [0.5, 0.6) is 5.88 Å². The van der Waals surface area contributed by atoms with Crippen molar-refractivity contribution in [2.75, 3.05) is 39.5 Å². The molecule has 0 spiro atoms. The Bertz CT molecular complexity index is 598. The van der Waals surface area contributed by atoms with Crippen molar-refractivity contribution in [3.8, 4) is 17.3 Å². The van der Waals surface area contributed by atoms with Crippen LogP contribution in [0.25, 0.3) is 11.4 Å². The molecule has 5 nitrogen and oxygen atoms in total. The van der Waals surface area contributed by atoms with Gasteiger partial charge in [-0.1, -0.05) is 30.3 Å². The van der Waals surface area contributed by atoms with E-state index in [9.17, 15) is 0 Å². The monoisotopic (exact) mass is 299 g/mol. The number of ether oxygens (including phenoxy) is 2. The highest BCUT2D eigenvalue weighted by Crippen LogP contribution is 2.18. The van der Waals surface area contributed by atoms with E-state index < -0.39 is 0 Å². The van der Waals surface area contributed by atoms with Crippen LogP contribution in [0.15, 0.2) is 36.4 Å². The highest BCUT2D eigenvalue weighted by molar-refractivity contribution is 5.55. The molecule has 3 rings (SSSR count). The van der Waals surface area contributed by atoms with E-state index in [0.717, 1.165) is 44.1 Å². The van der Waals surface area contributed by atoms with E-state index in [2.05, 4.69) is 14.9 Å². The second-order valence-electron chi connectivity index (χ2n) is 5.34. The van der Waals surface area contributed by atoms with Crippen molar-refractivity contribution < 1.29 is 9.47 Å². The lowest BCUT2D eigenvalue weighted by molar-refractivity contribution is 0.0320. The van der Waals surface area contributed by atoms with E-state index in [-0.39, 0.29) is 0 Å². The van der Waals surface area contributed by atoms with Gasteiger partial charge in [0.05, 0.1) is 13.2 Å². The molecule has 1 saturated heterocycles. The van der Waals surface area contributed by atoms with Crippen LogP contribution < -0.4 is 4.74 Å². The van der Waals surface area contributed by atoms with Gasteiger partial charge in [0.25, 0.3) is 0 Å². The zero-order chi connectivity index (χ0) is 15.2. The van der Waals surface area contributed by atoms with Gasteiger partial charge < -0.3 is 9.47 Å². The van der Waals surface area contributed by atoms with Crippen LogP contribution in [0.4, 0.5) is 0 Å². The second kappa shape index (κ2) is 7.33. The van der Waals surface area contributed by atoms with E-state index >= 15 is 0 Å². The number of hydrogen-bond acceptors (Lipinski definition) is 5. The van der Waals surface area contributed by atoms with Gasteiger partial charge in [-0.05, 0) is 6.92 Å². The number of benzene rings is 1.